The summed E-state index contributed by atoms with van der Waals surface area (Å²) in [5.74, 6) is 0.406. The Morgan fingerprint density at radius 2 is 1.89 bits per heavy atom. The quantitative estimate of drug-likeness (QED) is 0.148. The van der Waals surface area contributed by atoms with Gasteiger partial charge in [0, 0.05) is 18.0 Å². The van der Waals surface area contributed by atoms with Gasteiger partial charge in [0.25, 0.3) is 11.3 Å². The summed E-state index contributed by atoms with van der Waals surface area (Å²) in [6, 6.07) is 3.05. The zero-order valence-corrected chi connectivity index (χ0v) is 23.3. The first-order valence-corrected chi connectivity index (χ1v) is 14.2. The summed E-state index contributed by atoms with van der Waals surface area (Å²) < 4.78 is 53.4. The summed E-state index contributed by atoms with van der Waals surface area (Å²) in [6.07, 6.45) is 0. The lowest BCUT2D eigenvalue weighted by Gasteiger charge is -2.40. The van der Waals surface area contributed by atoms with Crippen molar-refractivity contribution in [2.24, 2.45) is 20.5 Å². The van der Waals surface area contributed by atoms with Gasteiger partial charge in [0.1, 0.15) is 17.6 Å². The van der Waals surface area contributed by atoms with Gasteiger partial charge < -0.3 is 20.6 Å². The second-order valence-electron chi connectivity index (χ2n) is 8.83. The van der Waals surface area contributed by atoms with E-state index in [1.165, 1.54) is 4.31 Å². The van der Waals surface area contributed by atoms with E-state index in [0.717, 1.165) is 11.3 Å². The van der Waals surface area contributed by atoms with Crippen molar-refractivity contribution in [2.45, 2.75) is 58.7 Å². The van der Waals surface area contributed by atoms with Crippen LogP contribution in [0.3, 0.4) is 0 Å². The Labute approximate surface area is 214 Å². The van der Waals surface area contributed by atoms with Crippen LogP contribution < -0.4 is 11.1 Å². The Morgan fingerprint density at radius 1 is 1.29 bits per heavy atom. The Kier molecular flexibility index (Phi) is 9.55. The van der Waals surface area contributed by atoms with E-state index in [9.17, 15) is 23.0 Å². The third-order valence-electron chi connectivity index (χ3n) is 5.12. The minimum absolute atomic E-state index is 0.0280. The molecule has 0 bridgehead atoms. The molecule has 11 nitrogen and oxygen atoms in total. The molecule has 0 spiro atoms. The summed E-state index contributed by atoms with van der Waals surface area (Å²) in [5, 5.41) is 13.6. The Hall–Kier alpha value is -1.94. The number of nitrogens with one attached hydrogen (secondary N) is 1. The van der Waals surface area contributed by atoms with Gasteiger partial charge in [0.2, 0.25) is 0 Å². The minimum Gasteiger partial charge on any atom is -0.503 e. The number of thiophene rings is 1. The van der Waals surface area contributed by atoms with Gasteiger partial charge >= 0.3 is 0 Å². The van der Waals surface area contributed by atoms with E-state index in [0.29, 0.717) is 29.5 Å². The number of anilines is 1. The van der Waals surface area contributed by atoms with E-state index < -0.39 is 39.2 Å². The molecule has 0 aliphatic heterocycles. The fourth-order valence-corrected chi connectivity index (χ4v) is 6.83. The van der Waals surface area contributed by atoms with Crippen LogP contribution in [0.1, 0.15) is 57.1 Å². The zero-order valence-electron chi connectivity index (χ0n) is 20.9. The molecule has 0 aliphatic carbocycles. The van der Waals surface area contributed by atoms with Crippen molar-refractivity contribution in [1.29, 1.82) is 0 Å². The maximum absolute atomic E-state index is 11.6. The number of aromatic hydroxyl groups is 1. The Bertz CT molecular complexity index is 1120. The number of aryl methyl sites for hydroxylation is 2. The summed E-state index contributed by atoms with van der Waals surface area (Å²) in [4.78, 5) is 5.02. The van der Waals surface area contributed by atoms with E-state index in [-0.39, 0.29) is 21.6 Å². The number of nitrogens with zero attached hydrogens (tertiary/aromatic N) is 3. The summed E-state index contributed by atoms with van der Waals surface area (Å²) in [5.41, 5.74) is 5.89. The summed E-state index contributed by atoms with van der Waals surface area (Å²) in [6.45, 7) is 13.6. The van der Waals surface area contributed by atoms with Crippen molar-refractivity contribution >= 4 is 50.7 Å². The van der Waals surface area contributed by atoms with Crippen LogP contribution in [0.2, 0.25) is 0 Å². The van der Waals surface area contributed by atoms with Crippen LogP contribution in [0.5, 0.6) is 5.75 Å². The Morgan fingerprint density at radius 3 is 2.34 bits per heavy atom. The molecular weight excluding hydrogens is 514 g/mol. The first-order chi connectivity index (χ1) is 16.1. The van der Waals surface area contributed by atoms with Gasteiger partial charge in [-0.05, 0) is 31.4 Å². The minimum atomic E-state index is -3.45. The highest BCUT2D eigenvalue weighted by Crippen LogP contribution is 2.60. The first-order valence-electron chi connectivity index (χ1n) is 10.9. The van der Waals surface area contributed by atoms with Gasteiger partial charge in [0.15, 0.2) is 21.6 Å². The molecule has 2 unspecified atom stereocenters. The second-order valence-corrected chi connectivity index (χ2v) is 12.9. The standard InChI is InChI=1S/C21H35N5O6S3/c1-8-26(9-2)35(30,31)20-16(27)15(13(4)33-20)23-19(25-34(28)29)18(22)24-17(21(5,6)7)14-11-10-12(3)32-14/h10-11,17,27,30-31H,8-9H2,1-7H3,(H2,22,24)(H,23,25)(H,28,29). The molecule has 35 heavy (non-hydrogen) atoms. The highest BCUT2D eigenvalue weighted by Gasteiger charge is 2.32. The number of amidine groups is 2. The van der Waals surface area contributed by atoms with E-state index in [4.69, 9.17) is 10.2 Å². The molecule has 0 fully saturated rings. The highest BCUT2D eigenvalue weighted by atomic mass is 32.3. The van der Waals surface area contributed by atoms with Crippen molar-refractivity contribution in [3.8, 4) is 5.75 Å². The number of hydrogen-bond donors (Lipinski definition) is 6. The topological polar surface area (TPSA) is 177 Å². The van der Waals surface area contributed by atoms with Crippen molar-refractivity contribution in [3.63, 3.8) is 0 Å². The van der Waals surface area contributed by atoms with E-state index in [1.54, 1.807) is 32.9 Å². The molecule has 2 heterocycles. The van der Waals surface area contributed by atoms with Crippen LogP contribution >= 0.6 is 22.1 Å². The number of furan rings is 1. The normalized spacial score (nSPS) is 16.0. The lowest BCUT2D eigenvalue weighted by molar-refractivity contribution is 0.284. The van der Waals surface area contributed by atoms with Gasteiger partial charge in [-0.25, -0.2) is 8.51 Å². The third kappa shape index (κ3) is 6.84. The summed E-state index contributed by atoms with van der Waals surface area (Å²) in [7, 11) is -3.45. The third-order valence-corrected chi connectivity index (χ3v) is 9.19. The van der Waals surface area contributed by atoms with Crippen LogP contribution in [-0.4, -0.2) is 52.0 Å². The molecule has 2 aromatic rings. The largest absolute Gasteiger partial charge is 0.503 e. The van der Waals surface area contributed by atoms with Crippen LogP contribution in [0.25, 0.3) is 0 Å². The number of nitrogens with two attached hydrogens (primary N) is 1. The smallest absolute Gasteiger partial charge is 0.284 e. The molecule has 0 saturated heterocycles. The summed E-state index contributed by atoms with van der Waals surface area (Å²) >= 11 is -1.65. The van der Waals surface area contributed by atoms with Gasteiger partial charge in [0.05, 0.1) is 5.69 Å². The molecule has 2 aromatic heterocycles. The number of aliphatic imine (C=N–C) groups is 1. The van der Waals surface area contributed by atoms with Gasteiger partial charge in [-0.15, -0.1) is 15.7 Å². The van der Waals surface area contributed by atoms with Gasteiger partial charge in [-0.3, -0.25) is 18.7 Å². The molecule has 0 saturated carbocycles. The molecule has 0 aromatic carbocycles. The zero-order chi connectivity index (χ0) is 26.7. The Balaban J connectivity index is 2.54. The average molecular weight is 550 g/mol. The maximum Gasteiger partial charge on any atom is 0.284 e. The van der Waals surface area contributed by atoms with Crippen molar-refractivity contribution < 1.29 is 27.4 Å². The fourth-order valence-electron chi connectivity index (χ4n) is 3.36. The predicted molar refractivity (Wildman–Crippen MR) is 144 cm³/mol. The van der Waals surface area contributed by atoms with Gasteiger partial charge in [-0.2, -0.15) is 0 Å². The molecule has 0 amide bonds. The average Bonchev–Trinajstić information content (AvgIpc) is 3.28. The second kappa shape index (κ2) is 11.4. The van der Waals surface area contributed by atoms with E-state index in [2.05, 4.69) is 14.7 Å². The molecule has 0 radical (unpaired) electrons. The van der Waals surface area contributed by atoms with Crippen LogP contribution in [0, 0.1) is 19.3 Å². The highest BCUT2D eigenvalue weighted by molar-refractivity contribution is 8.23. The predicted octanol–water partition coefficient (Wildman–Crippen LogP) is 5.12. The van der Waals surface area contributed by atoms with Crippen LogP contribution in [0.15, 0.2) is 30.1 Å². The van der Waals surface area contributed by atoms with Crippen LogP contribution in [0.4, 0.5) is 5.69 Å². The monoisotopic (exact) mass is 549 g/mol. The SMILES string of the molecule is CCN(CC)S(O)(O)c1sc(C)c(NC(=NS(=O)O)C(N)=NC(c2ccc(C)o2)C(C)(C)C)c1O. The lowest BCUT2D eigenvalue weighted by Crippen LogP contribution is -2.33. The number of hydrogen-bond acceptors (Lipinski definition) is 8. The van der Waals surface area contributed by atoms with E-state index >= 15 is 0 Å². The number of rotatable bonds is 8. The van der Waals surface area contributed by atoms with Crippen molar-refractivity contribution in [1.82, 2.24) is 4.31 Å². The molecular formula is C21H35N5O6S3. The molecule has 198 valence electrons. The maximum atomic E-state index is 11.6. The molecule has 2 atom stereocenters. The molecule has 0 aliphatic rings. The van der Waals surface area contributed by atoms with Crippen molar-refractivity contribution in [2.75, 3.05) is 18.4 Å². The molecule has 7 N–H and O–H groups in total. The molecule has 2 rings (SSSR count). The fraction of sp³-hybridized carbons (Fsp3) is 0.524. The van der Waals surface area contributed by atoms with Crippen LogP contribution in [-0.2, 0) is 11.3 Å². The van der Waals surface area contributed by atoms with E-state index in [1.807, 2.05) is 27.7 Å². The molecule has 14 heteroatoms. The van der Waals surface area contributed by atoms with Crippen molar-refractivity contribution in [3.05, 3.63) is 28.5 Å². The first kappa shape index (κ1) is 29.3. The van der Waals surface area contributed by atoms with Gasteiger partial charge in [-0.1, -0.05) is 45.4 Å². The lowest BCUT2D eigenvalue weighted by atomic mass is 9.85.